The average molecular weight is 257 g/mol. The van der Waals surface area contributed by atoms with Crippen LogP contribution in [-0.4, -0.2) is 63.4 Å². The van der Waals surface area contributed by atoms with Crippen LogP contribution in [-0.2, 0) is 4.74 Å². The van der Waals surface area contributed by atoms with Crippen molar-refractivity contribution in [2.75, 3.05) is 52.4 Å². The maximum atomic E-state index is 5.79. The number of morpholine rings is 1. The molecule has 0 spiro atoms. The minimum absolute atomic E-state index is 0.365. The molecule has 0 aromatic heterocycles. The van der Waals surface area contributed by atoms with Gasteiger partial charge in [-0.25, -0.2) is 0 Å². The number of hydrogen-bond acceptors (Lipinski definition) is 4. The zero-order chi connectivity index (χ0) is 13.2. The molecular formula is C14H31N3O. The van der Waals surface area contributed by atoms with Gasteiger partial charge in [0, 0.05) is 32.7 Å². The Morgan fingerprint density at radius 3 is 2.83 bits per heavy atom. The van der Waals surface area contributed by atoms with Crippen LogP contribution in [0.25, 0.3) is 0 Å². The molecule has 2 N–H and O–H groups in total. The predicted octanol–water partition coefficient (Wildman–Crippen LogP) is 0.932. The predicted molar refractivity (Wildman–Crippen MR) is 77.0 cm³/mol. The molecule has 108 valence electrons. The van der Waals surface area contributed by atoms with E-state index in [0.717, 1.165) is 52.4 Å². The van der Waals surface area contributed by atoms with Gasteiger partial charge in [-0.15, -0.1) is 0 Å². The van der Waals surface area contributed by atoms with E-state index in [9.17, 15) is 0 Å². The van der Waals surface area contributed by atoms with Crippen LogP contribution in [0.5, 0.6) is 0 Å². The quantitative estimate of drug-likeness (QED) is 0.603. The van der Waals surface area contributed by atoms with Crippen LogP contribution in [0, 0.1) is 5.92 Å². The first-order valence-electron chi connectivity index (χ1n) is 7.47. The van der Waals surface area contributed by atoms with Crippen molar-refractivity contribution >= 4 is 0 Å². The SMILES string of the molecule is CCCNCCN1CCOC(CNCC(C)C)C1. The Morgan fingerprint density at radius 2 is 2.11 bits per heavy atom. The van der Waals surface area contributed by atoms with E-state index < -0.39 is 0 Å². The van der Waals surface area contributed by atoms with Gasteiger partial charge < -0.3 is 15.4 Å². The molecular weight excluding hydrogens is 226 g/mol. The van der Waals surface area contributed by atoms with Crippen molar-refractivity contribution < 1.29 is 4.74 Å². The normalized spacial score (nSPS) is 21.7. The van der Waals surface area contributed by atoms with E-state index in [1.54, 1.807) is 0 Å². The van der Waals surface area contributed by atoms with Crippen molar-refractivity contribution in [1.82, 2.24) is 15.5 Å². The van der Waals surface area contributed by atoms with Crippen molar-refractivity contribution in [1.29, 1.82) is 0 Å². The van der Waals surface area contributed by atoms with Crippen molar-refractivity contribution in [3.05, 3.63) is 0 Å². The zero-order valence-electron chi connectivity index (χ0n) is 12.4. The first kappa shape index (κ1) is 15.9. The molecule has 1 atom stereocenters. The molecule has 18 heavy (non-hydrogen) atoms. The zero-order valence-corrected chi connectivity index (χ0v) is 12.4. The molecule has 1 aliphatic rings. The Bertz CT molecular complexity index is 199. The monoisotopic (exact) mass is 257 g/mol. The summed E-state index contributed by atoms with van der Waals surface area (Å²) in [6, 6.07) is 0. The van der Waals surface area contributed by atoms with E-state index in [2.05, 4.69) is 36.3 Å². The van der Waals surface area contributed by atoms with Gasteiger partial charge in [0.15, 0.2) is 0 Å². The number of rotatable bonds is 9. The average Bonchev–Trinajstić information content (AvgIpc) is 2.35. The number of nitrogens with zero attached hydrogens (tertiary/aromatic N) is 1. The molecule has 1 fully saturated rings. The first-order valence-corrected chi connectivity index (χ1v) is 7.47. The molecule has 0 aliphatic carbocycles. The fourth-order valence-electron chi connectivity index (χ4n) is 2.18. The second kappa shape index (κ2) is 9.73. The lowest BCUT2D eigenvalue weighted by Crippen LogP contribution is -2.48. The lowest BCUT2D eigenvalue weighted by atomic mass is 10.2. The molecule has 0 aromatic rings. The highest BCUT2D eigenvalue weighted by molar-refractivity contribution is 4.74. The van der Waals surface area contributed by atoms with Crippen LogP contribution in [0.15, 0.2) is 0 Å². The molecule has 0 saturated carbocycles. The number of ether oxygens (including phenoxy) is 1. The fourth-order valence-corrected chi connectivity index (χ4v) is 2.18. The lowest BCUT2D eigenvalue weighted by molar-refractivity contribution is -0.0266. The van der Waals surface area contributed by atoms with E-state index in [4.69, 9.17) is 4.74 Å². The van der Waals surface area contributed by atoms with E-state index in [1.807, 2.05) is 0 Å². The lowest BCUT2D eigenvalue weighted by Gasteiger charge is -2.33. The van der Waals surface area contributed by atoms with Crippen LogP contribution < -0.4 is 10.6 Å². The van der Waals surface area contributed by atoms with Crippen LogP contribution in [0.1, 0.15) is 27.2 Å². The highest BCUT2D eigenvalue weighted by Crippen LogP contribution is 2.04. The van der Waals surface area contributed by atoms with Gasteiger partial charge in [-0.3, -0.25) is 4.90 Å². The van der Waals surface area contributed by atoms with E-state index in [-0.39, 0.29) is 0 Å². The molecule has 1 unspecified atom stereocenters. The first-order chi connectivity index (χ1) is 8.72. The Labute approximate surface area is 112 Å². The van der Waals surface area contributed by atoms with Gasteiger partial charge in [0.05, 0.1) is 12.7 Å². The van der Waals surface area contributed by atoms with Gasteiger partial charge in [0.25, 0.3) is 0 Å². The summed E-state index contributed by atoms with van der Waals surface area (Å²) in [4.78, 5) is 2.51. The highest BCUT2D eigenvalue weighted by atomic mass is 16.5. The third kappa shape index (κ3) is 7.31. The summed E-state index contributed by atoms with van der Waals surface area (Å²) in [5.41, 5.74) is 0. The molecule has 0 bridgehead atoms. The van der Waals surface area contributed by atoms with Crippen molar-refractivity contribution in [2.45, 2.75) is 33.3 Å². The molecule has 4 heteroatoms. The van der Waals surface area contributed by atoms with Crippen LogP contribution >= 0.6 is 0 Å². The molecule has 0 amide bonds. The molecule has 1 rings (SSSR count). The summed E-state index contributed by atoms with van der Waals surface area (Å²) in [5.74, 6) is 0.711. The largest absolute Gasteiger partial charge is 0.374 e. The third-order valence-electron chi connectivity index (χ3n) is 3.18. The summed E-state index contributed by atoms with van der Waals surface area (Å²) < 4.78 is 5.79. The van der Waals surface area contributed by atoms with Crippen LogP contribution in [0.3, 0.4) is 0 Å². The van der Waals surface area contributed by atoms with Crippen molar-refractivity contribution in [3.63, 3.8) is 0 Å². The van der Waals surface area contributed by atoms with E-state index in [1.165, 1.54) is 6.42 Å². The number of hydrogen-bond donors (Lipinski definition) is 2. The summed E-state index contributed by atoms with van der Waals surface area (Å²) in [6.07, 6.45) is 1.58. The maximum Gasteiger partial charge on any atom is 0.0826 e. The van der Waals surface area contributed by atoms with Gasteiger partial charge in [-0.05, 0) is 25.4 Å². The maximum absolute atomic E-state index is 5.79. The highest BCUT2D eigenvalue weighted by Gasteiger charge is 2.19. The van der Waals surface area contributed by atoms with E-state index in [0.29, 0.717) is 12.0 Å². The number of nitrogens with one attached hydrogen (secondary N) is 2. The Hall–Kier alpha value is -0.160. The topological polar surface area (TPSA) is 36.5 Å². The van der Waals surface area contributed by atoms with Gasteiger partial charge in [0.1, 0.15) is 0 Å². The summed E-state index contributed by atoms with van der Waals surface area (Å²) in [6.45, 7) is 15.1. The summed E-state index contributed by atoms with van der Waals surface area (Å²) in [7, 11) is 0. The van der Waals surface area contributed by atoms with Gasteiger partial charge in [-0.1, -0.05) is 20.8 Å². The standard InChI is InChI=1S/C14H31N3O/c1-4-5-15-6-7-17-8-9-18-14(12-17)11-16-10-13(2)3/h13-16H,4-12H2,1-3H3. The van der Waals surface area contributed by atoms with Gasteiger partial charge in [-0.2, -0.15) is 0 Å². The smallest absolute Gasteiger partial charge is 0.0826 e. The molecule has 1 aliphatic heterocycles. The second-order valence-corrected chi connectivity index (χ2v) is 5.60. The van der Waals surface area contributed by atoms with Gasteiger partial charge in [0.2, 0.25) is 0 Å². The molecule has 4 nitrogen and oxygen atoms in total. The molecule has 1 saturated heterocycles. The molecule has 0 radical (unpaired) electrons. The van der Waals surface area contributed by atoms with Crippen LogP contribution in [0.2, 0.25) is 0 Å². The Balaban J connectivity index is 2.08. The molecule has 1 heterocycles. The van der Waals surface area contributed by atoms with Crippen molar-refractivity contribution in [3.8, 4) is 0 Å². The Kier molecular flexibility index (Phi) is 8.59. The summed E-state index contributed by atoms with van der Waals surface area (Å²) in [5, 5.41) is 6.94. The summed E-state index contributed by atoms with van der Waals surface area (Å²) >= 11 is 0. The van der Waals surface area contributed by atoms with E-state index >= 15 is 0 Å². The molecule has 0 aromatic carbocycles. The minimum Gasteiger partial charge on any atom is -0.374 e. The minimum atomic E-state index is 0.365. The van der Waals surface area contributed by atoms with Crippen molar-refractivity contribution in [2.24, 2.45) is 5.92 Å². The van der Waals surface area contributed by atoms with Gasteiger partial charge >= 0.3 is 0 Å². The van der Waals surface area contributed by atoms with Crippen LogP contribution in [0.4, 0.5) is 0 Å². The third-order valence-corrected chi connectivity index (χ3v) is 3.18. The Morgan fingerprint density at radius 1 is 1.28 bits per heavy atom. The second-order valence-electron chi connectivity index (χ2n) is 5.60. The fraction of sp³-hybridized carbons (Fsp3) is 1.00.